The summed E-state index contributed by atoms with van der Waals surface area (Å²) in [5, 5.41) is 11.2. The summed E-state index contributed by atoms with van der Waals surface area (Å²) < 4.78 is 35.3. The van der Waals surface area contributed by atoms with Gasteiger partial charge in [-0.2, -0.15) is 10.2 Å². The van der Waals surface area contributed by atoms with E-state index >= 15 is 0 Å². The van der Waals surface area contributed by atoms with Crippen molar-refractivity contribution in [3.05, 3.63) is 41.2 Å². The van der Waals surface area contributed by atoms with Crippen molar-refractivity contribution in [2.45, 2.75) is 96.4 Å². The Bertz CT molecular complexity index is 1320. The highest BCUT2D eigenvalue weighted by Gasteiger charge is 2.35. The van der Waals surface area contributed by atoms with Crippen LogP contribution in [0.1, 0.15) is 98.2 Å². The van der Waals surface area contributed by atoms with E-state index in [0.29, 0.717) is 36.8 Å². The van der Waals surface area contributed by atoms with E-state index in [0.717, 1.165) is 75.4 Å². The molecule has 0 atom stereocenters. The number of imidazole rings is 1. The molecule has 3 aromatic heterocycles. The van der Waals surface area contributed by atoms with Crippen molar-refractivity contribution in [1.82, 2.24) is 34.7 Å². The Balaban J connectivity index is 0.000000194. The van der Waals surface area contributed by atoms with Crippen LogP contribution in [0.2, 0.25) is 0 Å². The average molecular weight is 589 g/mol. The first-order valence-corrected chi connectivity index (χ1v) is 14.9. The number of fused-ring (bicyclic) bond motifs is 1. The SMILES string of the molecule is CCn1nccc1C(N)=O.Cc1nn2cc(CC3CCC(F)(F)CC3)nc2nc1C1CCOCC1.O=C1CCCCN1. The van der Waals surface area contributed by atoms with Gasteiger partial charge in [0.25, 0.3) is 11.7 Å². The van der Waals surface area contributed by atoms with E-state index in [-0.39, 0.29) is 24.7 Å². The van der Waals surface area contributed by atoms with E-state index < -0.39 is 11.8 Å². The lowest BCUT2D eigenvalue weighted by Gasteiger charge is -2.27. The van der Waals surface area contributed by atoms with Crippen molar-refractivity contribution < 1.29 is 23.1 Å². The largest absolute Gasteiger partial charge is 0.381 e. The number of nitrogens with zero attached hydrogens (tertiary/aromatic N) is 6. The molecule has 3 fully saturated rings. The van der Waals surface area contributed by atoms with Crippen LogP contribution in [0.3, 0.4) is 0 Å². The number of hydrogen-bond donors (Lipinski definition) is 2. The van der Waals surface area contributed by atoms with Crippen LogP contribution in [0.25, 0.3) is 5.78 Å². The summed E-state index contributed by atoms with van der Waals surface area (Å²) in [4.78, 5) is 30.3. The number of primary amides is 1. The van der Waals surface area contributed by atoms with E-state index in [2.05, 4.69) is 20.5 Å². The molecule has 6 rings (SSSR count). The van der Waals surface area contributed by atoms with Gasteiger partial charge < -0.3 is 15.8 Å². The summed E-state index contributed by atoms with van der Waals surface area (Å²) in [6, 6.07) is 1.60. The molecule has 0 radical (unpaired) electrons. The Hall–Kier alpha value is -3.48. The number of rotatable bonds is 5. The van der Waals surface area contributed by atoms with E-state index in [1.54, 1.807) is 21.5 Å². The maximum Gasteiger partial charge on any atom is 0.266 e. The second-order valence-corrected chi connectivity index (χ2v) is 11.2. The number of hydrogen-bond acceptors (Lipinski definition) is 7. The minimum Gasteiger partial charge on any atom is -0.381 e. The van der Waals surface area contributed by atoms with Gasteiger partial charge in [0.2, 0.25) is 11.8 Å². The van der Waals surface area contributed by atoms with Gasteiger partial charge in [-0.05, 0) is 70.8 Å². The van der Waals surface area contributed by atoms with Crippen molar-refractivity contribution in [3.63, 3.8) is 0 Å². The molecular weight excluding hydrogens is 546 g/mol. The van der Waals surface area contributed by atoms with Gasteiger partial charge in [-0.1, -0.05) is 0 Å². The van der Waals surface area contributed by atoms with Crippen molar-refractivity contribution in [3.8, 4) is 0 Å². The second-order valence-electron chi connectivity index (χ2n) is 11.2. The van der Waals surface area contributed by atoms with Crippen LogP contribution >= 0.6 is 0 Å². The van der Waals surface area contributed by atoms with E-state index in [1.165, 1.54) is 0 Å². The zero-order valence-electron chi connectivity index (χ0n) is 24.5. The Morgan fingerprint density at radius 1 is 1.17 bits per heavy atom. The van der Waals surface area contributed by atoms with Gasteiger partial charge in [-0.3, -0.25) is 14.3 Å². The quantitative estimate of drug-likeness (QED) is 0.459. The zero-order chi connectivity index (χ0) is 30.1. The Kier molecular flexibility index (Phi) is 10.9. The summed E-state index contributed by atoms with van der Waals surface area (Å²) >= 11 is 0. The van der Waals surface area contributed by atoms with Gasteiger partial charge in [0, 0.05) is 57.7 Å². The summed E-state index contributed by atoms with van der Waals surface area (Å²) in [6.07, 6.45) is 10.2. The molecule has 2 saturated heterocycles. The van der Waals surface area contributed by atoms with Crippen LogP contribution in [0.5, 0.6) is 0 Å². The van der Waals surface area contributed by atoms with Gasteiger partial charge in [-0.25, -0.2) is 23.3 Å². The lowest BCUT2D eigenvalue weighted by Crippen LogP contribution is -2.28. The summed E-state index contributed by atoms with van der Waals surface area (Å²) in [5.41, 5.74) is 8.35. The first-order chi connectivity index (χ1) is 20.1. The summed E-state index contributed by atoms with van der Waals surface area (Å²) in [5.74, 6) is -1.42. The fourth-order valence-corrected chi connectivity index (χ4v) is 5.54. The topological polar surface area (TPSA) is 142 Å². The molecule has 13 heteroatoms. The maximum atomic E-state index is 13.3. The average Bonchev–Trinajstić information content (AvgIpc) is 3.62. The van der Waals surface area contributed by atoms with Gasteiger partial charge >= 0.3 is 0 Å². The molecule has 1 aliphatic carbocycles. The minimum atomic E-state index is -2.48. The van der Waals surface area contributed by atoms with E-state index in [1.807, 2.05) is 20.0 Å². The lowest BCUT2D eigenvalue weighted by molar-refractivity contribution is -0.122. The number of halogens is 2. The van der Waals surface area contributed by atoms with Crippen molar-refractivity contribution in [2.24, 2.45) is 11.7 Å². The number of carbonyl (C=O) groups is 2. The van der Waals surface area contributed by atoms with Crippen LogP contribution in [0, 0.1) is 12.8 Å². The Labute approximate surface area is 244 Å². The molecule has 0 unspecified atom stereocenters. The number of nitrogens with two attached hydrogens (primary N) is 1. The van der Waals surface area contributed by atoms with Gasteiger partial charge in [0.15, 0.2) is 0 Å². The van der Waals surface area contributed by atoms with Crippen molar-refractivity contribution in [2.75, 3.05) is 19.8 Å². The third kappa shape index (κ3) is 8.76. The summed E-state index contributed by atoms with van der Waals surface area (Å²) in [6.45, 7) is 6.98. The molecule has 0 aromatic carbocycles. The second kappa shape index (κ2) is 14.6. The highest BCUT2D eigenvalue weighted by Crippen LogP contribution is 2.37. The van der Waals surface area contributed by atoms with E-state index in [4.69, 9.17) is 15.5 Å². The van der Waals surface area contributed by atoms with Gasteiger partial charge in [-0.15, -0.1) is 0 Å². The minimum absolute atomic E-state index is 0.00541. The molecule has 1 saturated carbocycles. The number of carbonyl (C=O) groups excluding carboxylic acids is 2. The number of alkyl halides is 2. The fourth-order valence-electron chi connectivity index (χ4n) is 5.54. The molecule has 5 heterocycles. The molecule has 42 heavy (non-hydrogen) atoms. The number of amides is 2. The van der Waals surface area contributed by atoms with Crippen LogP contribution in [0.15, 0.2) is 18.5 Å². The Morgan fingerprint density at radius 2 is 1.90 bits per heavy atom. The lowest BCUT2D eigenvalue weighted by atomic mass is 9.84. The fraction of sp³-hybridized carbons (Fsp3) is 0.655. The van der Waals surface area contributed by atoms with Crippen LogP contribution < -0.4 is 11.1 Å². The molecule has 3 aromatic rings. The highest BCUT2D eigenvalue weighted by atomic mass is 19.3. The van der Waals surface area contributed by atoms with E-state index in [9.17, 15) is 18.4 Å². The molecule has 3 aliphatic rings. The standard InChI is InChI=1S/C18H24F2N4O.C6H9N3O.C5H9NO/c1-12-16(14-4-8-25-9-5-14)22-17-21-15(11-24(17)23-12)10-13-2-6-18(19,20)7-3-13;1-2-9-5(6(7)10)3-4-8-9;7-5-3-1-2-4-6-5/h11,13-14H,2-10H2,1H3;3-4H,2H2,1H3,(H2,7,10);1-4H2,(H,6,7). The number of ether oxygens (including phenoxy) is 1. The summed E-state index contributed by atoms with van der Waals surface area (Å²) in [7, 11) is 0. The molecule has 2 amide bonds. The maximum absolute atomic E-state index is 13.3. The molecule has 2 aliphatic heterocycles. The predicted octanol–water partition coefficient (Wildman–Crippen LogP) is 3.98. The van der Waals surface area contributed by atoms with Crippen molar-refractivity contribution in [1.29, 1.82) is 0 Å². The smallest absolute Gasteiger partial charge is 0.266 e. The van der Waals surface area contributed by atoms with Crippen LogP contribution in [-0.4, -0.2) is 66.9 Å². The molecular formula is C29H42F2N8O3. The number of nitrogens with one attached hydrogen (secondary N) is 1. The zero-order valence-corrected chi connectivity index (χ0v) is 24.5. The first-order valence-electron chi connectivity index (χ1n) is 14.9. The Morgan fingerprint density at radius 3 is 2.48 bits per heavy atom. The number of aryl methyl sites for hydroxylation is 2. The highest BCUT2D eigenvalue weighted by molar-refractivity contribution is 5.90. The normalized spacial score (nSPS) is 19.3. The van der Waals surface area contributed by atoms with Crippen LogP contribution in [-0.2, 0) is 22.5 Å². The molecule has 0 spiro atoms. The van der Waals surface area contributed by atoms with Crippen LogP contribution in [0.4, 0.5) is 8.78 Å². The third-order valence-electron chi connectivity index (χ3n) is 7.93. The van der Waals surface area contributed by atoms with Gasteiger partial charge in [0.1, 0.15) is 5.69 Å². The number of aromatic nitrogens is 6. The number of piperidine rings is 1. The molecule has 0 bridgehead atoms. The predicted molar refractivity (Wildman–Crippen MR) is 152 cm³/mol. The molecule has 3 N–H and O–H groups in total. The molecule has 11 nitrogen and oxygen atoms in total. The van der Waals surface area contributed by atoms with Gasteiger partial charge in [0.05, 0.1) is 23.3 Å². The monoisotopic (exact) mass is 588 g/mol. The first kappa shape index (κ1) is 31.5. The molecule has 230 valence electrons. The third-order valence-corrected chi connectivity index (χ3v) is 7.93. The van der Waals surface area contributed by atoms with Crippen molar-refractivity contribution >= 4 is 17.6 Å².